The van der Waals surface area contributed by atoms with Crippen LogP contribution in [0.4, 0.5) is 0 Å². The molecule has 0 saturated heterocycles. The first kappa shape index (κ1) is 8.16. The van der Waals surface area contributed by atoms with Gasteiger partial charge in [0.15, 0.2) is 0 Å². The van der Waals surface area contributed by atoms with Crippen LogP contribution >= 0.6 is 23.2 Å². The fraction of sp³-hybridized carbons (Fsp3) is 0.500. The lowest BCUT2D eigenvalue weighted by Crippen LogP contribution is -2.26. The van der Waals surface area contributed by atoms with E-state index in [0.717, 1.165) is 5.03 Å². The van der Waals surface area contributed by atoms with Crippen molar-refractivity contribution in [3.8, 4) is 0 Å². The first-order chi connectivity index (χ1) is 4.55. The molecule has 0 aliphatic heterocycles. The molecule has 0 saturated carbocycles. The standard InChI is InChI=1S/C8H10Cl2/c1-6-4-3-5-7(9)8(6,2)10/h3-6H,1-2H3. The number of alkyl halides is 1. The highest BCUT2D eigenvalue weighted by molar-refractivity contribution is 6.39. The Kier molecular flexibility index (Phi) is 2.12. The zero-order valence-electron chi connectivity index (χ0n) is 6.07. The molecular formula is C8H10Cl2. The average Bonchev–Trinajstić information content (AvgIpc) is 1.84. The van der Waals surface area contributed by atoms with Crippen molar-refractivity contribution in [3.63, 3.8) is 0 Å². The van der Waals surface area contributed by atoms with Crippen LogP contribution in [0, 0.1) is 5.92 Å². The molecule has 0 radical (unpaired) electrons. The van der Waals surface area contributed by atoms with Gasteiger partial charge in [0.2, 0.25) is 0 Å². The van der Waals surface area contributed by atoms with E-state index >= 15 is 0 Å². The second-order valence-corrected chi connectivity index (χ2v) is 3.96. The van der Waals surface area contributed by atoms with Crippen molar-refractivity contribution in [3.05, 3.63) is 23.3 Å². The first-order valence-electron chi connectivity index (χ1n) is 3.28. The summed E-state index contributed by atoms with van der Waals surface area (Å²) in [6.07, 6.45) is 5.84. The number of rotatable bonds is 0. The van der Waals surface area contributed by atoms with Crippen molar-refractivity contribution in [1.29, 1.82) is 0 Å². The van der Waals surface area contributed by atoms with Gasteiger partial charge < -0.3 is 0 Å². The molecule has 2 heteroatoms. The average molecular weight is 177 g/mol. The molecule has 1 aliphatic rings. The SMILES string of the molecule is CC1C=CC=C(Cl)C1(C)Cl. The Balaban J connectivity index is 2.93. The molecule has 10 heavy (non-hydrogen) atoms. The molecule has 0 heterocycles. The van der Waals surface area contributed by atoms with Crippen LogP contribution in [0.15, 0.2) is 23.3 Å². The second-order valence-electron chi connectivity index (χ2n) is 2.76. The molecule has 0 aromatic rings. The zero-order valence-corrected chi connectivity index (χ0v) is 7.58. The molecule has 0 aromatic heterocycles. The monoisotopic (exact) mass is 176 g/mol. The van der Waals surface area contributed by atoms with E-state index < -0.39 is 4.87 Å². The van der Waals surface area contributed by atoms with Gasteiger partial charge in [0.05, 0.1) is 4.87 Å². The quantitative estimate of drug-likeness (QED) is 0.498. The Bertz CT molecular complexity index is 189. The summed E-state index contributed by atoms with van der Waals surface area (Å²) in [6, 6.07) is 0. The lowest BCUT2D eigenvalue weighted by molar-refractivity contribution is 0.580. The summed E-state index contributed by atoms with van der Waals surface area (Å²) in [5, 5.41) is 0.726. The van der Waals surface area contributed by atoms with Crippen molar-refractivity contribution in [2.45, 2.75) is 18.7 Å². The van der Waals surface area contributed by atoms with Crippen LogP contribution in [0.1, 0.15) is 13.8 Å². The van der Waals surface area contributed by atoms with E-state index in [1.807, 2.05) is 19.1 Å². The number of hydrogen-bond donors (Lipinski definition) is 0. The number of hydrogen-bond acceptors (Lipinski definition) is 0. The molecule has 0 aromatic carbocycles. The van der Waals surface area contributed by atoms with Gasteiger partial charge >= 0.3 is 0 Å². The van der Waals surface area contributed by atoms with Crippen molar-refractivity contribution < 1.29 is 0 Å². The third-order valence-corrected chi connectivity index (χ3v) is 3.13. The summed E-state index contributed by atoms with van der Waals surface area (Å²) in [5.74, 6) is 0.312. The van der Waals surface area contributed by atoms with Gasteiger partial charge in [-0.15, -0.1) is 11.6 Å². The summed E-state index contributed by atoms with van der Waals surface area (Å²) in [4.78, 5) is -0.393. The molecule has 1 aliphatic carbocycles. The number of allylic oxidation sites excluding steroid dienone is 4. The predicted molar refractivity (Wildman–Crippen MR) is 46.5 cm³/mol. The normalized spacial score (nSPS) is 39.6. The van der Waals surface area contributed by atoms with E-state index in [1.165, 1.54) is 0 Å². The van der Waals surface area contributed by atoms with Gasteiger partial charge in [0.1, 0.15) is 0 Å². The molecule has 2 unspecified atom stereocenters. The summed E-state index contributed by atoms with van der Waals surface area (Å²) in [5.41, 5.74) is 0. The molecule has 0 bridgehead atoms. The Morgan fingerprint density at radius 3 is 2.60 bits per heavy atom. The third-order valence-electron chi connectivity index (χ3n) is 1.96. The summed E-state index contributed by atoms with van der Waals surface area (Å²) >= 11 is 12.0. The molecule has 56 valence electrons. The largest absolute Gasteiger partial charge is 0.113 e. The fourth-order valence-electron chi connectivity index (χ4n) is 0.868. The van der Waals surface area contributed by atoms with Crippen LogP contribution in [0.3, 0.4) is 0 Å². The van der Waals surface area contributed by atoms with Crippen LogP contribution in [0.25, 0.3) is 0 Å². The Labute approximate surface area is 71.5 Å². The lowest BCUT2D eigenvalue weighted by Gasteiger charge is -2.28. The lowest BCUT2D eigenvalue weighted by atomic mass is 9.91. The zero-order chi connectivity index (χ0) is 7.78. The minimum atomic E-state index is -0.393. The van der Waals surface area contributed by atoms with E-state index in [0.29, 0.717) is 5.92 Å². The maximum absolute atomic E-state index is 6.12. The van der Waals surface area contributed by atoms with Gasteiger partial charge in [0, 0.05) is 5.03 Å². The van der Waals surface area contributed by atoms with Gasteiger partial charge in [-0.2, -0.15) is 0 Å². The van der Waals surface area contributed by atoms with Crippen molar-refractivity contribution in [2.24, 2.45) is 5.92 Å². The van der Waals surface area contributed by atoms with Crippen LogP contribution in [0.5, 0.6) is 0 Å². The van der Waals surface area contributed by atoms with E-state index in [4.69, 9.17) is 23.2 Å². The molecule has 2 atom stereocenters. The highest BCUT2D eigenvalue weighted by Crippen LogP contribution is 2.38. The van der Waals surface area contributed by atoms with Gasteiger partial charge in [-0.1, -0.05) is 30.7 Å². The Hall–Kier alpha value is 0.0600. The molecule has 0 N–H and O–H groups in total. The Morgan fingerprint density at radius 2 is 2.20 bits per heavy atom. The van der Waals surface area contributed by atoms with Crippen LogP contribution < -0.4 is 0 Å². The maximum Gasteiger partial charge on any atom is 0.0832 e. The van der Waals surface area contributed by atoms with Gasteiger partial charge in [0.25, 0.3) is 0 Å². The van der Waals surface area contributed by atoms with Gasteiger partial charge in [-0.3, -0.25) is 0 Å². The smallest absolute Gasteiger partial charge is 0.0832 e. The molecule has 0 nitrogen and oxygen atoms in total. The van der Waals surface area contributed by atoms with Crippen molar-refractivity contribution in [1.82, 2.24) is 0 Å². The topological polar surface area (TPSA) is 0 Å². The van der Waals surface area contributed by atoms with Gasteiger partial charge in [-0.05, 0) is 18.9 Å². The van der Waals surface area contributed by atoms with Crippen LogP contribution in [-0.2, 0) is 0 Å². The highest BCUT2D eigenvalue weighted by Gasteiger charge is 2.31. The minimum Gasteiger partial charge on any atom is -0.113 e. The third kappa shape index (κ3) is 1.23. The molecule has 0 fully saturated rings. The second kappa shape index (κ2) is 2.60. The van der Waals surface area contributed by atoms with Crippen LogP contribution in [-0.4, -0.2) is 4.87 Å². The molecule has 0 amide bonds. The van der Waals surface area contributed by atoms with E-state index in [2.05, 4.69) is 13.0 Å². The molecular weight excluding hydrogens is 167 g/mol. The number of halogens is 2. The summed E-state index contributed by atoms with van der Waals surface area (Å²) in [6.45, 7) is 3.99. The summed E-state index contributed by atoms with van der Waals surface area (Å²) < 4.78 is 0. The predicted octanol–water partition coefficient (Wildman–Crippen LogP) is 3.31. The van der Waals surface area contributed by atoms with E-state index in [1.54, 1.807) is 0 Å². The molecule has 1 rings (SSSR count). The molecule has 0 spiro atoms. The van der Waals surface area contributed by atoms with Crippen molar-refractivity contribution >= 4 is 23.2 Å². The fourth-order valence-corrected chi connectivity index (χ4v) is 1.25. The first-order valence-corrected chi connectivity index (χ1v) is 4.04. The van der Waals surface area contributed by atoms with Crippen LogP contribution in [0.2, 0.25) is 0 Å². The summed E-state index contributed by atoms with van der Waals surface area (Å²) in [7, 11) is 0. The van der Waals surface area contributed by atoms with Crippen molar-refractivity contribution in [2.75, 3.05) is 0 Å². The minimum absolute atomic E-state index is 0.312. The van der Waals surface area contributed by atoms with Gasteiger partial charge in [-0.25, -0.2) is 0 Å². The van der Waals surface area contributed by atoms with E-state index in [9.17, 15) is 0 Å². The maximum atomic E-state index is 6.12. The highest BCUT2D eigenvalue weighted by atomic mass is 35.5. The van der Waals surface area contributed by atoms with E-state index in [-0.39, 0.29) is 0 Å². The Morgan fingerprint density at radius 1 is 1.60 bits per heavy atom.